The van der Waals surface area contributed by atoms with Crippen molar-refractivity contribution in [3.63, 3.8) is 0 Å². The third-order valence-electron chi connectivity index (χ3n) is 5.81. The number of rotatable bonds is 4. The summed E-state index contributed by atoms with van der Waals surface area (Å²) in [6, 6.07) is 0.418. The fraction of sp³-hybridized carbons (Fsp3) is 0.941. The minimum Gasteiger partial charge on any atom is -0.381 e. The second-order valence-electron chi connectivity index (χ2n) is 7.11. The summed E-state index contributed by atoms with van der Waals surface area (Å²) >= 11 is 0. The van der Waals surface area contributed by atoms with E-state index in [1.54, 1.807) is 0 Å². The van der Waals surface area contributed by atoms with Gasteiger partial charge in [-0.3, -0.25) is 10.1 Å². The molecule has 0 aromatic carbocycles. The summed E-state index contributed by atoms with van der Waals surface area (Å²) in [4.78, 5) is 15.2. The van der Waals surface area contributed by atoms with Crippen LogP contribution in [-0.4, -0.2) is 42.3 Å². The lowest BCUT2D eigenvalue weighted by molar-refractivity contribution is -0.135. The molecular weight excluding hydrogens is 264 g/mol. The Morgan fingerprint density at radius 2 is 1.90 bits per heavy atom. The molecule has 4 nitrogen and oxygen atoms in total. The smallest absolute Gasteiger partial charge is 0.241 e. The normalized spacial score (nSPS) is 33.8. The van der Waals surface area contributed by atoms with Crippen LogP contribution < -0.4 is 5.32 Å². The molecule has 3 aliphatic rings. The topological polar surface area (TPSA) is 41.6 Å². The van der Waals surface area contributed by atoms with Gasteiger partial charge in [0.05, 0.1) is 12.2 Å². The van der Waals surface area contributed by atoms with Crippen LogP contribution in [0.15, 0.2) is 0 Å². The molecular formula is C17H30N2O2. The molecule has 0 radical (unpaired) electrons. The van der Waals surface area contributed by atoms with E-state index >= 15 is 0 Å². The van der Waals surface area contributed by atoms with Crippen LogP contribution in [-0.2, 0) is 9.53 Å². The molecule has 2 heterocycles. The Labute approximate surface area is 128 Å². The molecule has 3 rings (SSSR count). The lowest BCUT2D eigenvalue weighted by Crippen LogP contribution is -2.49. The molecule has 3 atom stereocenters. The minimum absolute atomic E-state index is 0.0310. The number of carbonyl (C=O) groups is 1. The van der Waals surface area contributed by atoms with Crippen LogP contribution in [0.1, 0.15) is 58.8 Å². The Morgan fingerprint density at radius 3 is 2.52 bits per heavy atom. The maximum atomic E-state index is 13.0. The first kappa shape index (κ1) is 15.3. The van der Waals surface area contributed by atoms with Crippen molar-refractivity contribution in [1.29, 1.82) is 0 Å². The van der Waals surface area contributed by atoms with Gasteiger partial charge in [-0.2, -0.15) is 0 Å². The summed E-state index contributed by atoms with van der Waals surface area (Å²) in [5.41, 5.74) is 0. The van der Waals surface area contributed by atoms with E-state index in [0.29, 0.717) is 23.8 Å². The standard InChI is InChI=1S/C17H30N2O2/c1-3-12(2)15-17(20)19(14-8-10-21-11-9-14)16(18-15)13-6-4-5-7-13/h12-16,18H,3-11H2,1-2H3. The van der Waals surface area contributed by atoms with Gasteiger partial charge in [0.15, 0.2) is 0 Å². The average Bonchev–Trinajstić information content (AvgIpc) is 3.15. The van der Waals surface area contributed by atoms with Gasteiger partial charge in [-0.15, -0.1) is 0 Å². The molecule has 3 fully saturated rings. The van der Waals surface area contributed by atoms with E-state index in [1.165, 1.54) is 25.7 Å². The largest absolute Gasteiger partial charge is 0.381 e. The van der Waals surface area contributed by atoms with E-state index in [9.17, 15) is 4.79 Å². The Bertz CT molecular complexity index is 362. The van der Waals surface area contributed by atoms with Crippen molar-refractivity contribution in [2.45, 2.75) is 77.0 Å². The molecule has 21 heavy (non-hydrogen) atoms. The van der Waals surface area contributed by atoms with Crippen molar-refractivity contribution in [3.05, 3.63) is 0 Å². The number of hydrogen-bond acceptors (Lipinski definition) is 3. The SMILES string of the molecule is CCC(C)C1NC(C2CCCC2)N(C2CCOCC2)C1=O. The summed E-state index contributed by atoms with van der Waals surface area (Å²) in [6.45, 7) is 6.00. The minimum atomic E-state index is 0.0310. The van der Waals surface area contributed by atoms with E-state index in [2.05, 4.69) is 24.1 Å². The van der Waals surface area contributed by atoms with Crippen LogP contribution in [0.2, 0.25) is 0 Å². The summed E-state index contributed by atoms with van der Waals surface area (Å²) in [5.74, 6) is 1.44. The third kappa shape index (κ3) is 2.98. The number of carbonyl (C=O) groups excluding carboxylic acids is 1. The van der Waals surface area contributed by atoms with E-state index in [4.69, 9.17) is 4.74 Å². The monoisotopic (exact) mass is 294 g/mol. The molecule has 2 saturated heterocycles. The number of ether oxygens (including phenoxy) is 1. The van der Waals surface area contributed by atoms with Gasteiger partial charge in [0, 0.05) is 19.3 Å². The number of amides is 1. The van der Waals surface area contributed by atoms with Crippen molar-refractivity contribution in [1.82, 2.24) is 10.2 Å². The molecule has 1 N–H and O–H groups in total. The van der Waals surface area contributed by atoms with Gasteiger partial charge >= 0.3 is 0 Å². The van der Waals surface area contributed by atoms with Gasteiger partial charge < -0.3 is 9.64 Å². The maximum Gasteiger partial charge on any atom is 0.241 e. The number of hydrogen-bond donors (Lipinski definition) is 1. The van der Waals surface area contributed by atoms with Gasteiger partial charge in [0.25, 0.3) is 0 Å². The molecule has 1 amide bonds. The highest BCUT2D eigenvalue weighted by Crippen LogP contribution is 2.35. The second-order valence-corrected chi connectivity index (χ2v) is 7.11. The number of nitrogens with one attached hydrogen (secondary N) is 1. The van der Waals surface area contributed by atoms with Gasteiger partial charge in [0.1, 0.15) is 0 Å². The highest BCUT2D eigenvalue weighted by atomic mass is 16.5. The highest BCUT2D eigenvalue weighted by Gasteiger charge is 2.47. The van der Waals surface area contributed by atoms with Crippen LogP contribution in [0, 0.1) is 11.8 Å². The summed E-state index contributed by atoms with van der Waals surface area (Å²) in [6.07, 6.45) is 8.55. The lowest BCUT2D eigenvalue weighted by Gasteiger charge is -2.37. The molecule has 0 bridgehead atoms. The summed E-state index contributed by atoms with van der Waals surface area (Å²) in [5, 5.41) is 3.72. The first-order valence-electron chi connectivity index (χ1n) is 8.88. The van der Waals surface area contributed by atoms with Crippen molar-refractivity contribution >= 4 is 5.91 Å². The average molecular weight is 294 g/mol. The zero-order valence-electron chi connectivity index (χ0n) is 13.5. The maximum absolute atomic E-state index is 13.0. The Morgan fingerprint density at radius 1 is 1.24 bits per heavy atom. The third-order valence-corrected chi connectivity index (χ3v) is 5.81. The van der Waals surface area contributed by atoms with Crippen molar-refractivity contribution < 1.29 is 9.53 Å². The van der Waals surface area contributed by atoms with Gasteiger partial charge in [0.2, 0.25) is 5.91 Å². The molecule has 1 saturated carbocycles. The highest BCUT2D eigenvalue weighted by molar-refractivity contribution is 5.85. The molecule has 4 heteroatoms. The van der Waals surface area contributed by atoms with Crippen LogP contribution in [0.5, 0.6) is 0 Å². The van der Waals surface area contributed by atoms with Crippen LogP contribution in [0.3, 0.4) is 0 Å². The Hall–Kier alpha value is -0.610. The Balaban J connectivity index is 1.78. The zero-order valence-corrected chi connectivity index (χ0v) is 13.5. The van der Waals surface area contributed by atoms with Crippen LogP contribution >= 0.6 is 0 Å². The van der Waals surface area contributed by atoms with E-state index < -0.39 is 0 Å². The van der Waals surface area contributed by atoms with Gasteiger partial charge in [-0.05, 0) is 37.5 Å². The molecule has 3 unspecified atom stereocenters. The zero-order chi connectivity index (χ0) is 14.8. The molecule has 0 aromatic heterocycles. The summed E-state index contributed by atoms with van der Waals surface area (Å²) in [7, 11) is 0. The molecule has 120 valence electrons. The lowest BCUT2D eigenvalue weighted by atomic mass is 9.98. The fourth-order valence-corrected chi connectivity index (χ4v) is 4.28. The van der Waals surface area contributed by atoms with Gasteiger partial charge in [-0.1, -0.05) is 33.1 Å². The predicted molar refractivity (Wildman–Crippen MR) is 82.8 cm³/mol. The van der Waals surface area contributed by atoms with Crippen LogP contribution in [0.4, 0.5) is 0 Å². The van der Waals surface area contributed by atoms with Crippen molar-refractivity contribution in [3.8, 4) is 0 Å². The predicted octanol–water partition coefficient (Wildman–Crippen LogP) is 2.53. The summed E-state index contributed by atoms with van der Waals surface area (Å²) < 4.78 is 5.49. The number of nitrogens with zero attached hydrogens (tertiary/aromatic N) is 1. The van der Waals surface area contributed by atoms with E-state index in [1.807, 2.05) is 0 Å². The van der Waals surface area contributed by atoms with E-state index in [-0.39, 0.29) is 12.2 Å². The first-order valence-corrected chi connectivity index (χ1v) is 8.88. The molecule has 1 aliphatic carbocycles. The first-order chi connectivity index (χ1) is 10.2. The van der Waals surface area contributed by atoms with Crippen molar-refractivity contribution in [2.24, 2.45) is 11.8 Å². The van der Waals surface area contributed by atoms with Crippen molar-refractivity contribution in [2.75, 3.05) is 13.2 Å². The molecule has 0 aromatic rings. The Kier molecular flexibility index (Phi) is 4.85. The van der Waals surface area contributed by atoms with Crippen LogP contribution in [0.25, 0.3) is 0 Å². The molecule has 0 spiro atoms. The molecule has 2 aliphatic heterocycles. The quantitative estimate of drug-likeness (QED) is 0.866. The van der Waals surface area contributed by atoms with E-state index in [0.717, 1.165) is 32.5 Å². The fourth-order valence-electron chi connectivity index (χ4n) is 4.28. The van der Waals surface area contributed by atoms with Gasteiger partial charge in [-0.25, -0.2) is 0 Å². The second kappa shape index (κ2) is 6.66.